The van der Waals surface area contributed by atoms with Gasteiger partial charge in [-0.1, -0.05) is 0 Å². The second kappa shape index (κ2) is 7.04. The van der Waals surface area contributed by atoms with Crippen molar-refractivity contribution in [3.05, 3.63) is 5.28 Å². The topological polar surface area (TPSA) is 71.4 Å². The maximum atomic E-state index is 9.06. The van der Waals surface area contributed by atoms with Crippen LogP contribution < -0.4 is 9.64 Å². The zero-order chi connectivity index (χ0) is 14.5. The normalized spacial score (nSPS) is 19.4. The van der Waals surface area contributed by atoms with Crippen molar-refractivity contribution in [2.24, 2.45) is 5.92 Å². The first-order chi connectivity index (χ1) is 9.58. The Labute approximate surface area is 124 Å². The predicted molar refractivity (Wildman–Crippen MR) is 77.2 cm³/mol. The Kier molecular flexibility index (Phi) is 5.37. The van der Waals surface area contributed by atoms with E-state index in [2.05, 4.69) is 19.9 Å². The number of hydrogen-bond donors (Lipinski definition) is 1. The van der Waals surface area contributed by atoms with Crippen molar-refractivity contribution in [1.29, 1.82) is 0 Å². The van der Waals surface area contributed by atoms with E-state index in [1.54, 1.807) is 0 Å². The molecule has 0 amide bonds. The Balaban J connectivity index is 2.12. The molecule has 112 valence electrons. The quantitative estimate of drug-likeness (QED) is 0.895. The molecule has 1 aromatic rings. The van der Waals surface area contributed by atoms with Gasteiger partial charge < -0.3 is 14.7 Å². The fraction of sp³-hybridized carbons (Fsp3) is 0.769. The number of nitrogens with zero attached hydrogens (tertiary/aromatic N) is 4. The molecule has 1 saturated heterocycles. The van der Waals surface area contributed by atoms with Crippen molar-refractivity contribution >= 4 is 17.5 Å². The lowest BCUT2D eigenvalue weighted by Crippen LogP contribution is -2.37. The maximum absolute atomic E-state index is 9.06. The maximum Gasteiger partial charge on any atom is 0.322 e. The molecule has 0 aromatic carbocycles. The number of aliphatic hydroxyl groups is 1. The van der Waals surface area contributed by atoms with E-state index in [1.165, 1.54) is 0 Å². The minimum Gasteiger partial charge on any atom is -0.461 e. The van der Waals surface area contributed by atoms with Crippen LogP contribution in [-0.2, 0) is 0 Å². The van der Waals surface area contributed by atoms with Crippen molar-refractivity contribution in [3.63, 3.8) is 0 Å². The second-order valence-electron chi connectivity index (χ2n) is 5.32. The summed E-state index contributed by atoms with van der Waals surface area (Å²) in [5.74, 6) is 1.03. The standard InChI is InChI=1S/C13H21ClN4O2/c1-9(2)20-13-16-11(14)15-12(17-13)18-6-3-4-10(8-18)5-7-19/h9-10,19H,3-8H2,1-2H3. The zero-order valence-electron chi connectivity index (χ0n) is 11.9. The molecule has 1 aliphatic rings. The van der Waals surface area contributed by atoms with Gasteiger partial charge in [0.2, 0.25) is 11.2 Å². The molecule has 0 saturated carbocycles. The van der Waals surface area contributed by atoms with Gasteiger partial charge in [0, 0.05) is 19.7 Å². The third kappa shape index (κ3) is 4.18. The number of aromatic nitrogens is 3. The molecule has 1 N–H and O–H groups in total. The number of piperidine rings is 1. The van der Waals surface area contributed by atoms with Crippen LogP contribution in [0.4, 0.5) is 5.95 Å². The van der Waals surface area contributed by atoms with E-state index >= 15 is 0 Å². The monoisotopic (exact) mass is 300 g/mol. The molecule has 1 atom stereocenters. The van der Waals surface area contributed by atoms with Crippen LogP contribution in [0.5, 0.6) is 6.01 Å². The average molecular weight is 301 g/mol. The van der Waals surface area contributed by atoms with Crippen molar-refractivity contribution in [2.45, 2.75) is 39.2 Å². The van der Waals surface area contributed by atoms with Crippen LogP contribution in [-0.4, -0.2) is 45.9 Å². The molecule has 1 aliphatic heterocycles. The van der Waals surface area contributed by atoms with Gasteiger partial charge in [-0.25, -0.2) is 0 Å². The number of hydrogen-bond acceptors (Lipinski definition) is 6. The smallest absolute Gasteiger partial charge is 0.322 e. The predicted octanol–water partition coefficient (Wildman–Crippen LogP) is 1.91. The number of ether oxygens (including phenoxy) is 1. The largest absolute Gasteiger partial charge is 0.461 e. The summed E-state index contributed by atoms with van der Waals surface area (Å²) >= 11 is 5.94. The molecule has 2 heterocycles. The van der Waals surface area contributed by atoms with E-state index in [-0.39, 0.29) is 24.0 Å². The SMILES string of the molecule is CC(C)Oc1nc(Cl)nc(N2CCCC(CCO)C2)n1. The summed E-state index contributed by atoms with van der Waals surface area (Å²) in [7, 11) is 0. The molecule has 0 bridgehead atoms. The molecular weight excluding hydrogens is 280 g/mol. The van der Waals surface area contributed by atoms with Gasteiger partial charge in [-0.2, -0.15) is 15.0 Å². The first-order valence-corrected chi connectivity index (χ1v) is 7.40. The van der Waals surface area contributed by atoms with Gasteiger partial charge in [-0.3, -0.25) is 0 Å². The van der Waals surface area contributed by atoms with Crippen molar-refractivity contribution < 1.29 is 9.84 Å². The molecular formula is C13H21ClN4O2. The lowest BCUT2D eigenvalue weighted by atomic mass is 9.95. The van der Waals surface area contributed by atoms with Crippen molar-refractivity contribution in [1.82, 2.24) is 15.0 Å². The lowest BCUT2D eigenvalue weighted by Gasteiger charge is -2.32. The minimum absolute atomic E-state index is 0.00944. The number of halogens is 1. The third-order valence-corrected chi connectivity index (χ3v) is 3.43. The van der Waals surface area contributed by atoms with Gasteiger partial charge in [0.1, 0.15) is 0 Å². The number of rotatable bonds is 5. The number of anilines is 1. The Bertz CT molecular complexity index is 442. The molecule has 0 radical (unpaired) electrons. The highest BCUT2D eigenvalue weighted by Gasteiger charge is 2.22. The molecule has 2 rings (SSSR count). The summed E-state index contributed by atoms with van der Waals surface area (Å²) in [5.41, 5.74) is 0. The zero-order valence-corrected chi connectivity index (χ0v) is 12.7. The highest BCUT2D eigenvalue weighted by Crippen LogP contribution is 2.24. The van der Waals surface area contributed by atoms with Crippen molar-refractivity contribution in [2.75, 3.05) is 24.6 Å². The van der Waals surface area contributed by atoms with E-state index in [4.69, 9.17) is 21.4 Å². The molecule has 1 aromatic heterocycles. The molecule has 1 fully saturated rings. The van der Waals surface area contributed by atoms with E-state index in [9.17, 15) is 0 Å². The van der Waals surface area contributed by atoms with Crippen LogP contribution in [0.1, 0.15) is 33.1 Å². The highest BCUT2D eigenvalue weighted by atomic mass is 35.5. The molecule has 20 heavy (non-hydrogen) atoms. The summed E-state index contributed by atoms with van der Waals surface area (Å²) in [6.07, 6.45) is 2.99. The summed E-state index contributed by atoms with van der Waals surface area (Å²) in [5, 5.41) is 9.21. The van der Waals surface area contributed by atoms with Crippen molar-refractivity contribution in [3.8, 4) is 6.01 Å². The first kappa shape index (κ1) is 15.3. The Morgan fingerprint density at radius 3 is 2.90 bits per heavy atom. The summed E-state index contributed by atoms with van der Waals surface area (Å²) < 4.78 is 5.49. The van der Waals surface area contributed by atoms with E-state index in [0.717, 1.165) is 32.4 Å². The van der Waals surface area contributed by atoms with Gasteiger partial charge in [0.25, 0.3) is 0 Å². The van der Waals surface area contributed by atoms with Crippen LogP contribution in [0.3, 0.4) is 0 Å². The summed E-state index contributed by atoms with van der Waals surface area (Å²) in [6.45, 7) is 5.77. The fourth-order valence-electron chi connectivity index (χ4n) is 2.39. The van der Waals surface area contributed by atoms with Gasteiger partial charge in [-0.05, 0) is 50.6 Å². The third-order valence-electron chi connectivity index (χ3n) is 3.26. The molecule has 7 heteroatoms. The average Bonchev–Trinajstić information content (AvgIpc) is 2.38. The lowest BCUT2D eigenvalue weighted by molar-refractivity contribution is 0.220. The molecule has 0 aliphatic carbocycles. The van der Waals surface area contributed by atoms with Crippen LogP contribution in [0, 0.1) is 5.92 Å². The summed E-state index contributed by atoms with van der Waals surface area (Å²) in [4.78, 5) is 14.6. The first-order valence-electron chi connectivity index (χ1n) is 7.02. The van der Waals surface area contributed by atoms with E-state index < -0.39 is 0 Å². The molecule has 0 spiro atoms. The minimum atomic E-state index is -0.00944. The fourth-order valence-corrected chi connectivity index (χ4v) is 2.54. The summed E-state index contributed by atoms with van der Waals surface area (Å²) in [6, 6.07) is 0.263. The highest BCUT2D eigenvalue weighted by molar-refractivity contribution is 6.28. The van der Waals surface area contributed by atoms with Gasteiger partial charge in [0.05, 0.1) is 6.10 Å². The second-order valence-corrected chi connectivity index (χ2v) is 5.66. The molecule has 1 unspecified atom stereocenters. The van der Waals surface area contributed by atoms with Crippen LogP contribution in [0.25, 0.3) is 0 Å². The van der Waals surface area contributed by atoms with Gasteiger partial charge in [0.15, 0.2) is 0 Å². The van der Waals surface area contributed by atoms with Crippen LogP contribution >= 0.6 is 11.6 Å². The van der Waals surface area contributed by atoms with Gasteiger partial charge >= 0.3 is 6.01 Å². The number of aliphatic hydroxyl groups excluding tert-OH is 1. The Morgan fingerprint density at radius 1 is 1.40 bits per heavy atom. The van der Waals surface area contributed by atoms with E-state index in [0.29, 0.717) is 11.9 Å². The van der Waals surface area contributed by atoms with Gasteiger partial charge in [-0.15, -0.1) is 0 Å². The Morgan fingerprint density at radius 2 is 2.20 bits per heavy atom. The Hall–Kier alpha value is -1.14. The van der Waals surface area contributed by atoms with E-state index in [1.807, 2.05) is 13.8 Å². The van der Waals surface area contributed by atoms with Crippen LogP contribution in [0.15, 0.2) is 0 Å². The van der Waals surface area contributed by atoms with Crippen LogP contribution in [0.2, 0.25) is 5.28 Å². The molecule has 6 nitrogen and oxygen atoms in total.